The molecule has 0 aliphatic heterocycles. The fourth-order valence-corrected chi connectivity index (χ4v) is 9.33. The minimum Gasteiger partial charge on any atom is -0.292 e. The molecule has 0 bridgehead atoms. The number of benzene rings is 9. The van der Waals surface area contributed by atoms with Crippen LogP contribution in [0.25, 0.3) is 118 Å². The SMILES string of the molecule is c1ccc(-n2c(-c3cccc(-c4nc(-c5cccc(-c6nc7ccccc7n6-c6ccccc6)c5)nc(-c5cccc(-c6nc7ccccc7n6-c6ccccc6)c5)n4)c3)nc3ccccc32)cc1. The van der Waals surface area contributed by atoms with Gasteiger partial charge in [-0.1, -0.05) is 146 Å². The van der Waals surface area contributed by atoms with Crippen LogP contribution >= 0.6 is 0 Å². The van der Waals surface area contributed by atoms with Gasteiger partial charge < -0.3 is 0 Å². The van der Waals surface area contributed by atoms with Crippen LogP contribution in [0.5, 0.6) is 0 Å². The van der Waals surface area contributed by atoms with Gasteiger partial charge in [-0.15, -0.1) is 0 Å². The highest BCUT2D eigenvalue weighted by atomic mass is 15.1. The predicted molar refractivity (Wildman–Crippen MR) is 276 cm³/mol. The second-order valence-electron chi connectivity index (χ2n) is 16.8. The topological polar surface area (TPSA) is 92.1 Å². The molecule has 0 spiro atoms. The van der Waals surface area contributed by atoms with Crippen molar-refractivity contribution in [1.29, 1.82) is 0 Å². The summed E-state index contributed by atoms with van der Waals surface area (Å²) in [6, 6.07) is 80.8. The maximum Gasteiger partial charge on any atom is 0.164 e. The molecule has 0 aliphatic carbocycles. The van der Waals surface area contributed by atoms with Crippen molar-refractivity contribution in [3.63, 3.8) is 0 Å². The molecule has 13 rings (SSSR count). The van der Waals surface area contributed by atoms with Crippen LogP contribution in [0.4, 0.5) is 0 Å². The minimum atomic E-state index is 0.531. The van der Waals surface area contributed by atoms with Crippen LogP contribution in [-0.2, 0) is 0 Å². The van der Waals surface area contributed by atoms with Crippen molar-refractivity contribution in [1.82, 2.24) is 43.6 Å². The molecule has 0 atom stereocenters. The third kappa shape index (κ3) is 7.13. The second-order valence-corrected chi connectivity index (χ2v) is 16.8. The molecule has 0 amide bonds. The molecule has 0 saturated carbocycles. The normalized spacial score (nSPS) is 11.5. The van der Waals surface area contributed by atoms with Crippen molar-refractivity contribution < 1.29 is 0 Å². The molecule has 4 aromatic heterocycles. The maximum absolute atomic E-state index is 5.29. The molecule has 0 fully saturated rings. The summed E-state index contributed by atoms with van der Waals surface area (Å²) in [5.41, 5.74) is 14.1. The van der Waals surface area contributed by atoms with E-state index in [0.29, 0.717) is 17.5 Å². The molecule has 0 N–H and O–H groups in total. The molecule has 4 heterocycles. The Morgan fingerprint density at radius 2 is 0.478 bits per heavy atom. The molecule has 0 unspecified atom stereocenters. The van der Waals surface area contributed by atoms with E-state index in [2.05, 4.69) is 196 Å². The van der Waals surface area contributed by atoms with Crippen molar-refractivity contribution in [3.8, 4) is 85.4 Å². The highest BCUT2D eigenvalue weighted by Crippen LogP contribution is 2.36. The Morgan fingerprint density at radius 1 is 0.217 bits per heavy atom. The van der Waals surface area contributed by atoms with E-state index in [-0.39, 0.29) is 0 Å². The monoisotopic (exact) mass is 885 g/mol. The summed E-state index contributed by atoms with van der Waals surface area (Å²) in [6.45, 7) is 0. The van der Waals surface area contributed by atoms with E-state index in [1.807, 2.05) is 54.6 Å². The lowest BCUT2D eigenvalue weighted by atomic mass is 10.1. The third-order valence-corrected chi connectivity index (χ3v) is 12.5. The summed E-state index contributed by atoms with van der Waals surface area (Å²) in [5, 5.41) is 0. The van der Waals surface area contributed by atoms with Crippen molar-refractivity contribution in [2.75, 3.05) is 0 Å². The van der Waals surface area contributed by atoms with Crippen LogP contribution in [0.15, 0.2) is 237 Å². The predicted octanol–water partition coefficient (Wildman–Crippen LogP) is 13.9. The van der Waals surface area contributed by atoms with Crippen LogP contribution in [-0.4, -0.2) is 43.6 Å². The van der Waals surface area contributed by atoms with E-state index in [9.17, 15) is 0 Å². The van der Waals surface area contributed by atoms with Crippen LogP contribution in [0.3, 0.4) is 0 Å². The first-order valence-electron chi connectivity index (χ1n) is 22.9. The minimum absolute atomic E-state index is 0.531. The van der Waals surface area contributed by atoms with E-state index in [1.54, 1.807) is 0 Å². The lowest BCUT2D eigenvalue weighted by molar-refractivity contribution is 1.07. The van der Waals surface area contributed by atoms with Gasteiger partial charge in [-0.3, -0.25) is 13.7 Å². The summed E-state index contributed by atoms with van der Waals surface area (Å²) in [4.78, 5) is 31.4. The van der Waals surface area contributed by atoms with Gasteiger partial charge in [0.05, 0.1) is 33.1 Å². The number of rotatable bonds is 9. The number of para-hydroxylation sites is 9. The summed E-state index contributed by atoms with van der Waals surface area (Å²) in [7, 11) is 0. The zero-order valence-electron chi connectivity index (χ0n) is 37.0. The lowest BCUT2D eigenvalue weighted by Gasteiger charge is -2.13. The fourth-order valence-electron chi connectivity index (χ4n) is 9.33. The van der Waals surface area contributed by atoms with Crippen LogP contribution in [0, 0.1) is 0 Å². The number of nitrogens with zero attached hydrogens (tertiary/aromatic N) is 9. The van der Waals surface area contributed by atoms with Gasteiger partial charge in [0.2, 0.25) is 0 Å². The smallest absolute Gasteiger partial charge is 0.164 e. The molecule has 324 valence electrons. The van der Waals surface area contributed by atoms with E-state index in [4.69, 9.17) is 29.9 Å². The van der Waals surface area contributed by atoms with E-state index in [0.717, 1.165) is 101 Å². The van der Waals surface area contributed by atoms with Crippen LogP contribution in [0.1, 0.15) is 0 Å². The van der Waals surface area contributed by atoms with E-state index < -0.39 is 0 Å². The summed E-state index contributed by atoms with van der Waals surface area (Å²) < 4.78 is 6.63. The van der Waals surface area contributed by atoms with Gasteiger partial charge in [0.15, 0.2) is 17.5 Å². The number of aromatic nitrogens is 9. The number of fused-ring (bicyclic) bond motifs is 3. The van der Waals surface area contributed by atoms with E-state index in [1.165, 1.54) is 0 Å². The zero-order valence-corrected chi connectivity index (χ0v) is 37.0. The Morgan fingerprint density at radius 3 is 0.783 bits per heavy atom. The van der Waals surface area contributed by atoms with Gasteiger partial charge in [-0.25, -0.2) is 29.9 Å². The van der Waals surface area contributed by atoms with Gasteiger partial charge >= 0.3 is 0 Å². The Kier molecular flexibility index (Phi) is 9.61. The molecule has 9 aromatic carbocycles. The van der Waals surface area contributed by atoms with Crippen molar-refractivity contribution in [3.05, 3.63) is 237 Å². The van der Waals surface area contributed by atoms with Gasteiger partial charge in [-0.2, -0.15) is 0 Å². The third-order valence-electron chi connectivity index (χ3n) is 12.5. The number of hydrogen-bond acceptors (Lipinski definition) is 6. The highest BCUT2D eigenvalue weighted by molar-refractivity contribution is 5.87. The number of hydrogen-bond donors (Lipinski definition) is 0. The molecule has 13 aromatic rings. The van der Waals surface area contributed by atoms with Gasteiger partial charge in [0.25, 0.3) is 0 Å². The average molecular weight is 886 g/mol. The molecular formula is C60H39N9. The van der Waals surface area contributed by atoms with Crippen molar-refractivity contribution in [2.24, 2.45) is 0 Å². The maximum atomic E-state index is 5.29. The Balaban J connectivity index is 0.991. The van der Waals surface area contributed by atoms with Gasteiger partial charge in [-0.05, 0) is 91.0 Å². The quantitative estimate of drug-likeness (QED) is 0.143. The summed E-state index contributed by atoms with van der Waals surface area (Å²) >= 11 is 0. The molecule has 9 nitrogen and oxygen atoms in total. The summed E-state index contributed by atoms with van der Waals surface area (Å²) in [6.07, 6.45) is 0. The molecule has 0 radical (unpaired) electrons. The average Bonchev–Trinajstić information content (AvgIpc) is 4.14. The largest absolute Gasteiger partial charge is 0.292 e. The van der Waals surface area contributed by atoms with Gasteiger partial charge in [0, 0.05) is 50.4 Å². The second kappa shape index (κ2) is 16.7. The van der Waals surface area contributed by atoms with Crippen LogP contribution in [0.2, 0.25) is 0 Å². The zero-order chi connectivity index (χ0) is 45.7. The van der Waals surface area contributed by atoms with Crippen molar-refractivity contribution >= 4 is 33.1 Å². The highest BCUT2D eigenvalue weighted by Gasteiger charge is 2.21. The number of imidazole rings is 3. The first-order chi connectivity index (χ1) is 34.2. The van der Waals surface area contributed by atoms with E-state index >= 15 is 0 Å². The Bertz CT molecular complexity index is 3590. The fraction of sp³-hybridized carbons (Fsp3) is 0. The van der Waals surface area contributed by atoms with Crippen LogP contribution < -0.4 is 0 Å². The van der Waals surface area contributed by atoms with Gasteiger partial charge in [0.1, 0.15) is 17.5 Å². The van der Waals surface area contributed by atoms with Crippen molar-refractivity contribution in [2.45, 2.75) is 0 Å². The molecule has 0 aliphatic rings. The summed E-state index contributed by atoms with van der Waals surface area (Å²) in [5.74, 6) is 4.06. The standard InChI is InChI=1S/C60H39N9/c1-4-25-46(26-5-1)67-52-34-13-10-31-49(52)61-58(67)43-22-16-19-40(37-43)55-64-56(41-20-17-23-44(38-41)59-62-50-32-11-14-35-53(50)68(59)47-27-6-2-7-28-47)66-57(65-55)42-21-18-24-45(39-42)60-63-51-33-12-15-36-54(51)69(60)48-29-8-3-9-30-48/h1-39H. The molecule has 69 heavy (non-hydrogen) atoms. The lowest BCUT2D eigenvalue weighted by Crippen LogP contribution is -2.02. The Hall–Kier alpha value is -9.60. The first kappa shape index (κ1) is 39.7. The Labute approximate surface area is 397 Å². The first-order valence-corrected chi connectivity index (χ1v) is 22.9. The molecule has 9 heteroatoms. The molecule has 0 saturated heterocycles. The molecular weight excluding hydrogens is 847 g/mol.